The molecule has 13 heavy (non-hydrogen) atoms. The molecule has 0 saturated heterocycles. The van der Waals surface area contributed by atoms with Gasteiger partial charge in [0, 0.05) is 0 Å². The third-order valence-electron chi connectivity index (χ3n) is 1.67. The molecule has 0 heterocycles. The van der Waals surface area contributed by atoms with E-state index in [1.54, 1.807) is 0 Å². The average molecular weight is 194 g/mol. The quantitative estimate of drug-likeness (QED) is 0.657. The van der Waals surface area contributed by atoms with Crippen LogP contribution in [0.5, 0.6) is 0 Å². The Bertz CT molecular complexity index is 306. The van der Waals surface area contributed by atoms with Crippen molar-refractivity contribution < 1.29 is 23.3 Å². The SMILES string of the molecule is [NH3+]Cc1c(F)cccc1C(F)(F)F. The number of benzene rings is 1. The van der Waals surface area contributed by atoms with Crippen molar-refractivity contribution in [3.05, 3.63) is 35.1 Å². The minimum Gasteiger partial charge on any atom is -0.354 e. The molecule has 0 amide bonds. The fourth-order valence-electron chi connectivity index (χ4n) is 1.08. The summed E-state index contributed by atoms with van der Waals surface area (Å²) in [4.78, 5) is 0. The van der Waals surface area contributed by atoms with E-state index in [1.165, 1.54) is 0 Å². The predicted octanol–water partition coefficient (Wildman–Crippen LogP) is 1.59. The van der Waals surface area contributed by atoms with Gasteiger partial charge < -0.3 is 5.73 Å². The van der Waals surface area contributed by atoms with Crippen LogP contribution in [-0.4, -0.2) is 0 Å². The molecule has 0 fully saturated rings. The largest absolute Gasteiger partial charge is 0.417 e. The molecular weight excluding hydrogens is 186 g/mol. The lowest BCUT2D eigenvalue weighted by Gasteiger charge is -2.10. The van der Waals surface area contributed by atoms with Crippen LogP contribution in [-0.2, 0) is 12.7 Å². The fourth-order valence-corrected chi connectivity index (χ4v) is 1.08. The molecule has 1 rings (SSSR count). The second-order valence-corrected chi connectivity index (χ2v) is 2.51. The van der Waals surface area contributed by atoms with Crippen LogP contribution in [0.4, 0.5) is 17.6 Å². The maximum Gasteiger partial charge on any atom is 0.417 e. The summed E-state index contributed by atoms with van der Waals surface area (Å²) in [7, 11) is 0. The molecule has 1 aromatic carbocycles. The van der Waals surface area contributed by atoms with Gasteiger partial charge >= 0.3 is 6.18 Å². The maximum absolute atomic E-state index is 12.8. The minimum atomic E-state index is -4.50. The van der Waals surface area contributed by atoms with E-state index in [-0.39, 0.29) is 12.1 Å². The van der Waals surface area contributed by atoms with Crippen molar-refractivity contribution in [2.45, 2.75) is 12.7 Å². The molecular formula is C8H8F4N+. The Balaban J connectivity index is 3.29. The predicted molar refractivity (Wildman–Crippen MR) is 38.0 cm³/mol. The van der Waals surface area contributed by atoms with Gasteiger partial charge in [-0.25, -0.2) is 4.39 Å². The van der Waals surface area contributed by atoms with Crippen LogP contribution in [0.15, 0.2) is 18.2 Å². The van der Waals surface area contributed by atoms with Gasteiger partial charge in [-0.1, -0.05) is 6.07 Å². The summed E-state index contributed by atoms with van der Waals surface area (Å²) >= 11 is 0. The van der Waals surface area contributed by atoms with Crippen LogP contribution < -0.4 is 5.73 Å². The Labute approximate surface area is 72.2 Å². The van der Waals surface area contributed by atoms with Gasteiger partial charge in [0.2, 0.25) is 0 Å². The van der Waals surface area contributed by atoms with Crippen LogP contribution in [0.3, 0.4) is 0 Å². The molecule has 0 aliphatic carbocycles. The number of quaternary nitrogens is 1. The summed E-state index contributed by atoms with van der Waals surface area (Å²) in [6, 6.07) is 2.89. The van der Waals surface area contributed by atoms with Crippen molar-refractivity contribution in [2.75, 3.05) is 0 Å². The Hall–Kier alpha value is -1.10. The van der Waals surface area contributed by atoms with Gasteiger partial charge in [0.25, 0.3) is 0 Å². The smallest absolute Gasteiger partial charge is 0.354 e. The van der Waals surface area contributed by atoms with E-state index in [2.05, 4.69) is 5.73 Å². The first-order valence-corrected chi connectivity index (χ1v) is 3.60. The molecule has 72 valence electrons. The van der Waals surface area contributed by atoms with Crippen molar-refractivity contribution in [2.24, 2.45) is 0 Å². The Kier molecular flexibility index (Phi) is 2.56. The summed E-state index contributed by atoms with van der Waals surface area (Å²) in [5.41, 5.74) is 1.93. The molecule has 0 saturated carbocycles. The van der Waals surface area contributed by atoms with Crippen molar-refractivity contribution in [3.63, 3.8) is 0 Å². The van der Waals surface area contributed by atoms with Crippen LogP contribution >= 0.6 is 0 Å². The molecule has 0 radical (unpaired) electrons. The van der Waals surface area contributed by atoms with Gasteiger partial charge in [-0.3, -0.25) is 0 Å². The molecule has 0 spiro atoms. The zero-order valence-electron chi connectivity index (χ0n) is 6.66. The number of alkyl halides is 3. The Morgan fingerprint density at radius 3 is 2.23 bits per heavy atom. The second-order valence-electron chi connectivity index (χ2n) is 2.51. The first-order valence-electron chi connectivity index (χ1n) is 3.60. The molecule has 0 aromatic heterocycles. The number of hydrogen-bond donors (Lipinski definition) is 1. The monoisotopic (exact) mass is 194 g/mol. The fraction of sp³-hybridized carbons (Fsp3) is 0.250. The lowest BCUT2D eigenvalue weighted by Crippen LogP contribution is -2.48. The standard InChI is InChI=1S/C8H7F4N/c9-7-3-1-2-6(5(7)4-13)8(10,11)12/h1-3H,4,13H2/p+1. The van der Waals surface area contributed by atoms with Gasteiger partial charge in [0.15, 0.2) is 0 Å². The zero-order chi connectivity index (χ0) is 10.1. The molecule has 0 atom stereocenters. The molecule has 0 bridgehead atoms. The molecule has 1 aromatic rings. The van der Waals surface area contributed by atoms with Crippen LogP contribution in [0.1, 0.15) is 11.1 Å². The van der Waals surface area contributed by atoms with Crippen LogP contribution in [0, 0.1) is 5.82 Å². The van der Waals surface area contributed by atoms with Crippen molar-refractivity contribution in [1.29, 1.82) is 0 Å². The summed E-state index contributed by atoms with van der Waals surface area (Å²) < 4.78 is 49.5. The molecule has 0 aliphatic heterocycles. The third kappa shape index (κ3) is 1.98. The topological polar surface area (TPSA) is 27.6 Å². The van der Waals surface area contributed by atoms with E-state index >= 15 is 0 Å². The van der Waals surface area contributed by atoms with E-state index < -0.39 is 17.6 Å². The van der Waals surface area contributed by atoms with Gasteiger partial charge in [0.1, 0.15) is 12.4 Å². The van der Waals surface area contributed by atoms with E-state index in [4.69, 9.17) is 0 Å². The first-order chi connectivity index (χ1) is 5.96. The second kappa shape index (κ2) is 3.33. The highest BCUT2D eigenvalue weighted by molar-refractivity contribution is 5.30. The van der Waals surface area contributed by atoms with E-state index in [9.17, 15) is 17.6 Å². The van der Waals surface area contributed by atoms with Gasteiger partial charge in [-0.05, 0) is 12.1 Å². The molecule has 0 unspecified atom stereocenters. The van der Waals surface area contributed by atoms with Gasteiger partial charge in [0.05, 0.1) is 11.1 Å². The lowest BCUT2D eigenvalue weighted by atomic mass is 10.1. The van der Waals surface area contributed by atoms with E-state index in [0.717, 1.165) is 18.2 Å². The number of rotatable bonds is 1. The maximum atomic E-state index is 12.8. The third-order valence-corrected chi connectivity index (χ3v) is 1.67. The summed E-state index contributed by atoms with van der Waals surface area (Å²) in [6.07, 6.45) is -4.50. The summed E-state index contributed by atoms with van der Waals surface area (Å²) in [5, 5.41) is 0. The van der Waals surface area contributed by atoms with Crippen LogP contribution in [0.2, 0.25) is 0 Å². The highest BCUT2D eigenvalue weighted by Gasteiger charge is 2.34. The Morgan fingerprint density at radius 2 is 1.85 bits per heavy atom. The average Bonchev–Trinajstić information content (AvgIpc) is 2.02. The molecule has 5 heteroatoms. The minimum absolute atomic E-state index is 0.207. The highest BCUT2D eigenvalue weighted by Crippen LogP contribution is 2.32. The van der Waals surface area contributed by atoms with Crippen molar-refractivity contribution in [1.82, 2.24) is 0 Å². The number of halogens is 4. The lowest BCUT2D eigenvalue weighted by molar-refractivity contribution is -0.387. The summed E-state index contributed by atoms with van der Waals surface area (Å²) in [6.45, 7) is -0.207. The molecule has 1 nitrogen and oxygen atoms in total. The highest BCUT2D eigenvalue weighted by atomic mass is 19.4. The van der Waals surface area contributed by atoms with Crippen molar-refractivity contribution >= 4 is 0 Å². The van der Waals surface area contributed by atoms with Crippen LogP contribution in [0.25, 0.3) is 0 Å². The van der Waals surface area contributed by atoms with Crippen molar-refractivity contribution in [3.8, 4) is 0 Å². The zero-order valence-corrected chi connectivity index (χ0v) is 6.66. The summed E-state index contributed by atoms with van der Waals surface area (Å²) in [5.74, 6) is -0.857. The van der Waals surface area contributed by atoms with Gasteiger partial charge in [-0.15, -0.1) is 0 Å². The van der Waals surface area contributed by atoms with E-state index in [1.807, 2.05) is 0 Å². The van der Waals surface area contributed by atoms with Gasteiger partial charge in [-0.2, -0.15) is 13.2 Å². The Morgan fingerprint density at radius 1 is 1.23 bits per heavy atom. The van der Waals surface area contributed by atoms with E-state index in [0.29, 0.717) is 0 Å². The first kappa shape index (κ1) is 9.98. The molecule has 3 N–H and O–H groups in total. The molecule has 0 aliphatic rings. The number of hydrogen-bond acceptors (Lipinski definition) is 0. The normalized spacial score (nSPS) is 11.8.